The van der Waals surface area contributed by atoms with Crippen LogP contribution < -0.4 is 14.8 Å². The van der Waals surface area contributed by atoms with Gasteiger partial charge in [-0.2, -0.15) is 4.31 Å². The Hall–Kier alpha value is -2.58. The molecular formula is C19H22N2O5S. The van der Waals surface area contributed by atoms with Crippen molar-refractivity contribution in [2.24, 2.45) is 0 Å². The van der Waals surface area contributed by atoms with Gasteiger partial charge in [-0.05, 0) is 48.4 Å². The van der Waals surface area contributed by atoms with E-state index in [1.165, 1.54) is 24.5 Å². The van der Waals surface area contributed by atoms with Crippen molar-refractivity contribution in [2.75, 3.05) is 26.6 Å². The van der Waals surface area contributed by atoms with Crippen molar-refractivity contribution in [1.29, 1.82) is 0 Å². The Kier molecular flexibility index (Phi) is 5.12. The zero-order valence-electron chi connectivity index (χ0n) is 15.6. The Morgan fingerprint density at radius 1 is 1.07 bits per heavy atom. The van der Waals surface area contributed by atoms with E-state index in [4.69, 9.17) is 9.47 Å². The van der Waals surface area contributed by atoms with Crippen LogP contribution in [0.5, 0.6) is 11.5 Å². The van der Waals surface area contributed by atoms with Crippen molar-refractivity contribution in [1.82, 2.24) is 4.31 Å². The number of carbonyl (C=O) groups excluding carboxylic acids is 1. The lowest BCUT2D eigenvalue weighted by Crippen LogP contribution is -2.26. The van der Waals surface area contributed by atoms with E-state index in [0.29, 0.717) is 22.7 Å². The third-order valence-electron chi connectivity index (χ3n) is 4.70. The molecule has 1 amide bonds. The Morgan fingerprint density at radius 2 is 1.78 bits per heavy atom. The molecule has 3 rings (SSSR count). The number of nitrogens with one attached hydrogen (secondary N) is 1. The highest BCUT2D eigenvalue weighted by Gasteiger charge is 2.29. The minimum Gasteiger partial charge on any atom is -0.493 e. The standard InChI is InChI=1S/C19H22N2O5S/c1-12-15-10-14(6-7-16(15)20-19(12)22)27(23,24)21(2)11-13-5-8-17(25-3)18(9-13)26-4/h5-10,12H,11H2,1-4H3,(H,20,22)/t12-/m1/s1. The van der Waals surface area contributed by atoms with E-state index in [9.17, 15) is 13.2 Å². The fourth-order valence-electron chi connectivity index (χ4n) is 3.06. The molecule has 2 aromatic rings. The first-order valence-corrected chi connectivity index (χ1v) is 9.84. The summed E-state index contributed by atoms with van der Waals surface area (Å²) >= 11 is 0. The van der Waals surface area contributed by atoms with Crippen LogP contribution in [0.4, 0.5) is 5.69 Å². The second-order valence-corrected chi connectivity index (χ2v) is 8.46. The summed E-state index contributed by atoms with van der Waals surface area (Å²) in [6, 6.07) is 9.99. The summed E-state index contributed by atoms with van der Waals surface area (Å²) < 4.78 is 37.7. The predicted molar refractivity (Wildman–Crippen MR) is 102 cm³/mol. The van der Waals surface area contributed by atoms with Gasteiger partial charge in [0, 0.05) is 19.3 Å². The fourth-order valence-corrected chi connectivity index (χ4v) is 4.25. The summed E-state index contributed by atoms with van der Waals surface area (Å²) in [7, 11) is 0.882. The van der Waals surface area contributed by atoms with Gasteiger partial charge >= 0.3 is 0 Å². The number of benzene rings is 2. The molecule has 0 unspecified atom stereocenters. The van der Waals surface area contributed by atoms with Crippen LogP contribution in [0.2, 0.25) is 0 Å². The Labute approximate surface area is 158 Å². The van der Waals surface area contributed by atoms with E-state index in [1.807, 2.05) is 0 Å². The largest absolute Gasteiger partial charge is 0.493 e. The van der Waals surface area contributed by atoms with Crippen molar-refractivity contribution in [3.05, 3.63) is 47.5 Å². The van der Waals surface area contributed by atoms with Gasteiger partial charge in [-0.25, -0.2) is 8.42 Å². The number of sulfonamides is 1. The van der Waals surface area contributed by atoms with Crippen LogP contribution in [0.25, 0.3) is 0 Å². The summed E-state index contributed by atoms with van der Waals surface area (Å²) in [5, 5.41) is 2.75. The van der Waals surface area contributed by atoms with Crippen LogP contribution in [0.15, 0.2) is 41.3 Å². The van der Waals surface area contributed by atoms with Crippen LogP contribution in [0.1, 0.15) is 24.0 Å². The number of methoxy groups -OCH3 is 2. The maximum atomic E-state index is 13.0. The molecule has 1 atom stereocenters. The number of fused-ring (bicyclic) bond motifs is 1. The lowest BCUT2D eigenvalue weighted by molar-refractivity contribution is -0.116. The second kappa shape index (κ2) is 7.21. The Balaban J connectivity index is 1.86. The Bertz CT molecular complexity index is 988. The molecule has 0 radical (unpaired) electrons. The van der Waals surface area contributed by atoms with Gasteiger partial charge in [0.15, 0.2) is 11.5 Å². The van der Waals surface area contributed by atoms with Gasteiger partial charge in [0.2, 0.25) is 15.9 Å². The predicted octanol–water partition coefficient (Wildman–Crippen LogP) is 2.58. The molecule has 2 aromatic carbocycles. The van der Waals surface area contributed by atoms with E-state index in [-0.39, 0.29) is 23.3 Å². The summed E-state index contributed by atoms with van der Waals surface area (Å²) in [5.74, 6) is 0.623. The minimum absolute atomic E-state index is 0.127. The number of carbonyl (C=O) groups is 1. The molecule has 8 heteroatoms. The van der Waals surface area contributed by atoms with Crippen LogP contribution in [0.3, 0.4) is 0 Å². The molecule has 0 fully saturated rings. The van der Waals surface area contributed by atoms with Crippen LogP contribution in [0, 0.1) is 0 Å². The molecule has 0 spiro atoms. The molecule has 144 valence electrons. The number of amides is 1. The monoisotopic (exact) mass is 390 g/mol. The van der Waals surface area contributed by atoms with Gasteiger partial charge in [0.25, 0.3) is 0 Å². The quantitative estimate of drug-likeness (QED) is 0.819. The van der Waals surface area contributed by atoms with Crippen molar-refractivity contribution in [2.45, 2.75) is 24.3 Å². The molecule has 0 saturated heterocycles. The molecule has 1 aliphatic rings. The molecule has 0 aliphatic carbocycles. The normalized spacial score (nSPS) is 16.2. The molecule has 0 saturated carbocycles. The van der Waals surface area contributed by atoms with Gasteiger partial charge in [-0.3, -0.25) is 4.79 Å². The third kappa shape index (κ3) is 3.50. The van der Waals surface area contributed by atoms with Crippen molar-refractivity contribution >= 4 is 21.6 Å². The van der Waals surface area contributed by atoms with Crippen LogP contribution >= 0.6 is 0 Å². The number of hydrogen-bond donors (Lipinski definition) is 1. The molecule has 0 aromatic heterocycles. The topological polar surface area (TPSA) is 84.9 Å². The Morgan fingerprint density at radius 3 is 2.44 bits per heavy atom. The summed E-state index contributed by atoms with van der Waals surface area (Å²) in [6.07, 6.45) is 0. The molecular weight excluding hydrogens is 368 g/mol. The summed E-state index contributed by atoms with van der Waals surface area (Å²) in [6.45, 7) is 1.93. The van der Waals surface area contributed by atoms with E-state index in [2.05, 4.69) is 5.32 Å². The van der Waals surface area contributed by atoms with Gasteiger partial charge in [0.05, 0.1) is 25.0 Å². The first-order chi connectivity index (χ1) is 12.8. The molecule has 1 N–H and O–H groups in total. The van der Waals surface area contributed by atoms with Crippen molar-refractivity contribution < 1.29 is 22.7 Å². The second-order valence-electron chi connectivity index (χ2n) is 6.41. The molecule has 7 nitrogen and oxygen atoms in total. The van der Waals surface area contributed by atoms with Crippen molar-refractivity contribution in [3.8, 4) is 11.5 Å². The number of ether oxygens (including phenoxy) is 2. The first kappa shape index (κ1) is 19.2. The number of nitrogens with zero attached hydrogens (tertiary/aromatic N) is 1. The van der Waals surface area contributed by atoms with Gasteiger partial charge in [0.1, 0.15) is 0 Å². The average Bonchev–Trinajstić information content (AvgIpc) is 2.95. The SMILES string of the molecule is COc1ccc(CN(C)S(=O)(=O)c2ccc3c(c2)[C@@H](C)C(=O)N3)cc1OC. The minimum atomic E-state index is -3.71. The number of rotatable bonds is 6. The number of anilines is 1. The molecule has 27 heavy (non-hydrogen) atoms. The summed E-state index contributed by atoms with van der Waals surface area (Å²) in [5.41, 5.74) is 2.12. The highest BCUT2D eigenvalue weighted by atomic mass is 32.2. The zero-order valence-corrected chi connectivity index (χ0v) is 16.5. The lowest BCUT2D eigenvalue weighted by Gasteiger charge is -2.19. The summed E-state index contributed by atoms with van der Waals surface area (Å²) in [4.78, 5) is 11.9. The van der Waals surface area contributed by atoms with Crippen molar-refractivity contribution in [3.63, 3.8) is 0 Å². The lowest BCUT2D eigenvalue weighted by atomic mass is 10.0. The first-order valence-electron chi connectivity index (χ1n) is 8.40. The van der Waals surface area contributed by atoms with Gasteiger partial charge in [-0.15, -0.1) is 0 Å². The zero-order chi connectivity index (χ0) is 19.8. The van der Waals surface area contributed by atoms with Gasteiger partial charge < -0.3 is 14.8 Å². The fraction of sp³-hybridized carbons (Fsp3) is 0.316. The third-order valence-corrected chi connectivity index (χ3v) is 6.50. The highest BCUT2D eigenvalue weighted by molar-refractivity contribution is 7.89. The maximum Gasteiger partial charge on any atom is 0.243 e. The van der Waals surface area contributed by atoms with Crippen LogP contribution in [-0.2, 0) is 21.4 Å². The van der Waals surface area contributed by atoms with Gasteiger partial charge in [-0.1, -0.05) is 6.07 Å². The molecule has 1 aliphatic heterocycles. The maximum absolute atomic E-state index is 13.0. The highest BCUT2D eigenvalue weighted by Crippen LogP contribution is 2.34. The van der Waals surface area contributed by atoms with E-state index < -0.39 is 10.0 Å². The number of hydrogen-bond acceptors (Lipinski definition) is 5. The van der Waals surface area contributed by atoms with E-state index in [1.54, 1.807) is 44.4 Å². The van der Waals surface area contributed by atoms with E-state index in [0.717, 1.165) is 5.56 Å². The van der Waals surface area contributed by atoms with E-state index >= 15 is 0 Å². The molecule has 1 heterocycles. The average molecular weight is 390 g/mol. The van der Waals surface area contributed by atoms with Crippen LogP contribution in [-0.4, -0.2) is 39.9 Å². The smallest absolute Gasteiger partial charge is 0.243 e. The molecule has 0 bridgehead atoms.